The predicted octanol–water partition coefficient (Wildman–Crippen LogP) is 3.79. The molecule has 0 radical (unpaired) electrons. The summed E-state index contributed by atoms with van der Waals surface area (Å²) in [5, 5.41) is 0. The molecule has 0 spiro atoms. The van der Waals surface area contributed by atoms with Crippen molar-refractivity contribution in [2.24, 2.45) is 0 Å². The first-order valence-electron chi connectivity index (χ1n) is 6.40. The van der Waals surface area contributed by atoms with Gasteiger partial charge in [-0.15, -0.1) is 0 Å². The fourth-order valence-corrected chi connectivity index (χ4v) is 2.38. The van der Waals surface area contributed by atoms with E-state index in [1.54, 1.807) is 0 Å². The SMILES string of the molecule is Cc1nc(-c2ccc(C(F)(F)F)cc2)c(N)n1C1CC1. The van der Waals surface area contributed by atoms with E-state index in [4.69, 9.17) is 5.73 Å². The number of halogens is 3. The summed E-state index contributed by atoms with van der Waals surface area (Å²) in [6, 6.07) is 5.34. The molecule has 2 N–H and O–H groups in total. The molecule has 20 heavy (non-hydrogen) atoms. The van der Waals surface area contributed by atoms with Gasteiger partial charge in [0.2, 0.25) is 0 Å². The van der Waals surface area contributed by atoms with E-state index in [2.05, 4.69) is 4.98 Å². The maximum atomic E-state index is 12.5. The van der Waals surface area contributed by atoms with Crippen LogP contribution in [0.25, 0.3) is 11.3 Å². The van der Waals surface area contributed by atoms with E-state index < -0.39 is 11.7 Å². The molecule has 1 saturated carbocycles. The minimum atomic E-state index is -4.33. The Kier molecular flexibility index (Phi) is 2.77. The summed E-state index contributed by atoms with van der Waals surface area (Å²) in [5.41, 5.74) is 6.58. The van der Waals surface area contributed by atoms with Gasteiger partial charge in [-0.3, -0.25) is 0 Å². The normalized spacial score (nSPS) is 15.6. The molecular formula is C14H14F3N3. The Morgan fingerprint density at radius 1 is 1.20 bits per heavy atom. The molecule has 1 heterocycles. The molecule has 6 heteroatoms. The van der Waals surface area contributed by atoms with Crippen LogP contribution < -0.4 is 5.73 Å². The van der Waals surface area contributed by atoms with Gasteiger partial charge in [0.05, 0.1) is 5.56 Å². The topological polar surface area (TPSA) is 43.8 Å². The molecule has 0 amide bonds. The van der Waals surface area contributed by atoms with Crippen LogP contribution in [0.4, 0.5) is 19.0 Å². The largest absolute Gasteiger partial charge is 0.416 e. The maximum Gasteiger partial charge on any atom is 0.416 e. The van der Waals surface area contributed by atoms with Crippen molar-refractivity contribution in [1.82, 2.24) is 9.55 Å². The molecule has 0 saturated heterocycles. The third-order valence-corrected chi connectivity index (χ3v) is 3.52. The number of benzene rings is 1. The second kappa shape index (κ2) is 4.26. The van der Waals surface area contributed by atoms with Gasteiger partial charge in [0.1, 0.15) is 17.3 Å². The van der Waals surface area contributed by atoms with Gasteiger partial charge in [-0.25, -0.2) is 4.98 Å². The molecule has 0 aliphatic heterocycles. The Morgan fingerprint density at radius 2 is 1.80 bits per heavy atom. The standard InChI is InChI=1S/C14H14F3N3/c1-8-19-12(13(18)20(8)11-6-7-11)9-2-4-10(5-3-9)14(15,16)17/h2-5,11H,6-7,18H2,1H3. The van der Waals surface area contributed by atoms with Crippen molar-refractivity contribution in [1.29, 1.82) is 0 Å². The summed E-state index contributed by atoms with van der Waals surface area (Å²) in [7, 11) is 0. The van der Waals surface area contributed by atoms with Gasteiger partial charge in [-0.1, -0.05) is 12.1 Å². The molecule has 0 unspecified atom stereocenters. The van der Waals surface area contributed by atoms with Crippen LogP contribution in [-0.4, -0.2) is 9.55 Å². The number of hydrogen-bond acceptors (Lipinski definition) is 2. The Balaban J connectivity index is 1.99. The first-order valence-corrected chi connectivity index (χ1v) is 6.40. The van der Waals surface area contributed by atoms with Gasteiger partial charge in [0, 0.05) is 11.6 Å². The van der Waals surface area contributed by atoms with E-state index in [-0.39, 0.29) is 0 Å². The molecule has 1 aromatic heterocycles. The lowest BCUT2D eigenvalue weighted by Gasteiger charge is -2.07. The lowest BCUT2D eigenvalue weighted by molar-refractivity contribution is -0.137. The minimum absolute atomic E-state index is 0.394. The van der Waals surface area contributed by atoms with Crippen LogP contribution in [0.15, 0.2) is 24.3 Å². The van der Waals surface area contributed by atoms with Gasteiger partial charge < -0.3 is 10.3 Å². The lowest BCUT2D eigenvalue weighted by Crippen LogP contribution is -2.04. The van der Waals surface area contributed by atoms with Crippen molar-refractivity contribution in [2.45, 2.75) is 32.0 Å². The van der Waals surface area contributed by atoms with Crippen molar-refractivity contribution in [3.8, 4) is 11.3 Å². The molecule has 1 aromatic carbocycles. The van der Waals surface area contributed by atoms with E-state index in [0.717, 1.165) is 30.8 Å². The van der Waals surface area contributed by atoms with E-state index in [0.29, 0.717) is 23.1 Å². The summed E-state index contributed by atoms with van der Waals surface area (Å²) < 4.78 is 39.6. The zero-order chi connectivity index (χ0) is 14.5. The maximum absolute atomic E-state index is 12.5. The van der Waals surface area contributed by atoms with Crippen molar-refractivity contribution < 1.29 is 13.2 Å². The van der Waals surface area contributed by atoms with Crippen molar-refractivity contribution in [3.63, 3.8) is 0 Å². The number of nitrogens with two attached hydrogens (primary N) is 1. The highest BCUT2D eigenvalue weighted by molar-refractivity contribution is 5.71. The highest BCUT2D eigenvalue weighted by atomic mass is 19.4. The number of nitrogen functional groups attached to an aromatic ring is 1. The first-order chi connectivity index (χ1) is 9.38. The van der Waals surface area contributed by atoms with Crippen molar-refractivity contribution >= 4 is 5.82 Å². The summed E-state index contributed by atoms with van der Waals surface area (Å²) in [5.74, 6) is 1.34. The second-order valence-corrected chi connectivity index (χ2v) is 5.07. The minimum Gasteiger partial charge on any atom is -0.383 e. The fourth-order valence-electron chi connectivity index (χ4n) is 2.38. The average Bonchev–Trinajstić information content (AvgIpc) is 3.15. The zero-order valence-electron chi connectivity index (χ0n) is 10.9. The zero-order valence-corrected chi connectivity index (χ0v) is 10.9. The second-order valence-electron chi connectivity index (χ2n) is 5.07. The van der Waals surface area contributed by atoms with E-state index in [9.17, 15) is 13.2 Å². The summed E-state index contributed by atoms with van der Waals surface area (Å²) in [4.78, 5) is 4.39. The van der Waals surface area contributed by atoms with E-state index in [1.165, 1.54) is 12.1 Å². The fraction of sp³-hybridized carbons (Fsp3) is 0.357. The van der Waals surface area contributed by atoms with Gasteiger partial charge in [-0.2, -0.15) is 13.2 Å². The quantitative estimate of drug-likeness (QED) is 0.910. The Labute approximate surface area is 114 Å². The Hall–Kier alpha value is -1.98. The van der Waals surface area contributed by atoms with Crippen LogP contribution in [0.2, 0.25) is 0 Å². The summed E-state index contributed by atoms with van der Waals surface area (Å²) in [6.45, 7) is 1.86. The van der Waals surface area contributed by atoms with Crippen molar-refractivity contribution in [3.05, 3.63) is 35.7 Å². The summed E-state index contributed by atoms with van der Waals surface area (Å²) >= 11 is 0. The highest BCUT2D eigenvalue weighted by Gasteiger charge is 2.31. The monoisotopic (exact) mass is 281 g/mol. The summed E-state index contributed by atoms with van der Waals surface area (Å²) in [6.07, 6.45) is -2.17. The lowest BCUT2D eigenvalue weighted by atomic mass is 10.1. The van der Waals surface area contributed by atoms with Gasteiger partial charge in [0.25, 0.3) is 0 Å². The third-order valence-electron chi connectivity index (χ3n) is 3.52. The molecule has 2 aromatic rings. The van der Waals surface area contributed by atoms with Crippen LogP contribution in [0.3, 0.4) is 0 Å². The Bertz CT molecular complexity index is 637. The van der Waals surface area contributed by atoms with Gasteiger partial charge in [-0.05, 0) is 31.9 Å². The van der Waals surface area contributed by atoms with Crippen LogP contribution in [0, 0.1) is 6.92 Å². The number of alkyl halides is 3. The van der Waals surface area contributed by atoms with Crippen LogP contribution in [0.1, 0.15) is 30.3 Å². The molecule has 0 bridgehead atoms. The predicted molar refractivity (Wildman–Crippen MR) is 70.1 cm³/mol. The number of aromatic nitrogens is 2. The van der Waals surface area contributed by atoms with E-state index in [1.807, 2.05) is 11.5 Å². The molecule has 0 atom stereocenters. The van der Waals surface area contributed by atoms with Gasteiger partial charge >= 0.3 is 6.18 Å². The molecule has 1 aliphatic carbocycles. The first kappa shape index (κ1) is 13.0. The third kappa shape index (κ3) is 2.15. The van der Waals surface area contributed by atoms with Crippen molar-refractivity contribution in [2.75, 3.05) is 5.73 Å². The number of hydrogen-bond donors (Lipinski definition) is 1. The average molecular weight is 281 g/mol. The van der Waals surface area contributed by atoms with Crippen LogP contribution >= 0.6 is 0 Å². The van der Waals surface area contributed by atoms with Crippen LogP contribution in [-0.2, 0) is 6.18 Å². The number of nitrogens with zero attached hydrogens (tertiary/aromatic N) is 2. The molecule has 1 fully saturated rings. The smallest absolute Gasteiger partial charge is 0.383 e. The van der Waals surface area contributed by atoms with Gasteiger partial charge in [0.15, 0.2) is 0 Å². The molecule has 3 nitrogen and oxygen atoms in total. The molecular weight excluding hydrogens is 267 g/mol. The number of aryl methyl sites for hydroxylation is 1. The number of rotatable bonds is 2. The molecule has 3 rings (SSSR count). The number of anilines is 1. The van der Waals surface area contributed by atoms with E-state index >= 15 is 0 Å². The highest BCUT2D eigenvalue weighted by Crippen LogP contribution is 2.41. The van der Waals surface area contributed by atoms with Crippen LogP contribution in [0.5, 0.6) is 0 Å². The number of imidazole rings is 1. The molecule has 106 valence electrons. The Morgan fingerprint density at radius 3 is 2.30 bits per heavy atom. The molecule has 1 aliphatic rings.